The molecule has 0 fully saturated rings. The highest BCUT2D eigenvalue weighted by molar-refractivity contribution is 5.80. The zero-order chi connectivity index (χ0) is 12.1. The molecule has 0 bridgehead atoms. The summed E-state index contributed by atoms with van der Waals surface area (Å²) in [6, 6.07) is 14.5. The van der Waals surface area contributed by atoms with Crippen LogP contribution in [0.3, 0.4) is 0 Å². The zero-order valence-corrected chi connectivity index (χ0v) is 9.24. The van der Waals surface area contributed by atoms with Gasteiger partial charge < -0.3 is 10.2 Å². The standard InChI is InChI=1S/C14H13NO2/c16-13-7-6-12(8-14(13)17)10-15-9-11-4-2-1-3-5-11/h1-8,10,16-17H,9H2. The molecule has 3 nitrogen and oxygen atoms in total. The molecule has 0 saturated heterocycles. The summed E-state index contributed by atoms with van der Waals surface area (Å²) in [7, 11) is 0. The summed E-state index contributed by atoms with van der Waals surface area (Å²) in [5.74, 6) is -0.251. The molecule has 2 N–H and O–H groups in total. The van der Waals surface area contributed by atoms with Crippen molar-refractivity contribution in [2.24, 2.45) is 4.99 Å². The first-order valence-corrected chi connectivity index (χ1v) is 5.31. The summed E-state index contributed by atoms with van der Waals surface area (Å²) in [5, 5.41) is 18.5. The van der Waals surface area contributed by atoms with Crippen molar-refractivity contribution in [1.29, 1.82) is 0 Å². The van der Waals surface area contributed by atoms with Crippen molar-refractivity contribution in [2.45, 2.75) is 6.54 Å². The van der Waals surface area contributed by atoms with Crippen LogP contribution in [0, 0.1) is 0 Å². The second kappa shape index (κ2) is 5.16. The van der Waals surface area contributed by atoms with E-state index in [2.05, 4.69) is 4.99 Å². The molecule has 17 heavy (non-hydrogen) atoms. The van der Waals surface area contributed by atoms with Crippen molar-refractivity contribution in [1.82, 2.24) is 0 Å². The van der Waals surface area contributed by atoms with Gasteiger partial charge in [0.25, 0.3) is 0 Å². The van der Waals surface area contributed by atoms with E-state index in [1.54, 1.807) is 12.3 Å². The van der Waals surface area contributed by atoms with Crippen LogP contribution in [0.5, 0.6) is 11.5 Å². The number of hydrogen-bond donors (Lipinski definition) is 2. The number of nitrogens with zero attached hydrogens (tertiary/aromatic N) is 1. The minimum Gasteiger partial charge on any atom is -0.504 e. The topological polar surface area (TPSA) is 52.8 Å². The van der Waals surface area contributed by atoms with Gasteiger partial charge in [-0.1, -0.05) is 30.3 Å². The molecule has 0 unspecified atom stereocenters. The fraction of sp³-hybridized carbons (Fsp3) is 0.0714. The van der Waals surface area contributed by atoms with Crippen LogP contribution in [-0.4, -0.2) is 16.4 Å². The maximum Gasteiger partial charge on any atom is 0.158 e. The van der Waals surface area contributed by atoms with Crippen LogP contribution < -0.4 is 0 Å². The third-order valence-corrected chi connectivity index (χ3v) is 2.36. The molecule has 0 amide bonds. The second-order valence-corrected chi connectivity index (χ2v) is 3.70. The summed E-state index contributed by atoms with van der Waals surface area (Å²) in [5.41, 5.74) is 1.89. The Hall–Kier alpha value is -2.29. The van der Waals surface area contributed by atoms with Crippen LogP contribution in [-0.2, 0) is 6.54 Å². The first kappa shape index (κ1) is 11.2. The fourth-order valence-electron chi connectivity index (χ4n) is 1.46. The number of benzene rings is 2. The highest BCUT2D eigenvalue weighted by Crippen LogP contribution is 2.24. The SMILES string of the molecule is Oc1ccc(C=NCc2ccccc2)cc1O. The Balaban J connectivity index is 2.03. The van der Waals surface area contributed by atoms with E-state index in [1.165, 1.54) is 12.1 Å². The number of phenolic OH excluding ortho intramolecular Hbond substituents is 2. The minimum atomic E-state index is -0.131. The molecule has 0 spiro atoms. The van der Waals surface area contributed by atoms with Gasteiger partial charge in [-0.05, 0) is 29.3 Å². The van der Waals surface area contributed by atoms with E-state index in [0.717, 1.165) is 11.1 Å². The second-order valence-electron chi connectivity index (χ2n) is 3.70. The predicted octanol–water partition coefficient (Wildman–Crippen LogP) is 2.72. The molecule has 0 radical (unpaired) electrons. The molecular weight excluding hydrogens is 214 g/mol. The minimum absolute atomic E-state index is 0.120. The van der Waals surface area contributed by atoms with Gasteiger partial charge in [0.1, 0.15) is 0 Å². The van der Waals surface area contributed by atoms with Gasteiger partial charge in [-0.2, -0.15) is 0 Å². The number of aromatic hydroxyl groups is 2. The number of hydrogen-bond acceptors (Lipinski definition) is 3. The molecule has 2 rings (SSSR count). The van der Waals surface area contributed by atoms with Crippen LogP contribution in [0.4, 0.5) is 0 Å². The molecule has 0 aliphatic rings. The lowest BCUT2D eigenvalue weighted by Gasteiger charge is -1.98. The Bertz CT molecular complexity index is 521. The van der Waals surface area contributed by atoms with Gasteiger partial charge in [-0.15, -0.1) is 0 Å². The third kappa shape index (κ3) is 3.08. The molecule has 2 aromatic carbocycles. The van der Waals surface area contributed by atoms with E-state index < -0.39 is 0 Å². The van der Waals surface area contributed by atoms with Crippen LogP contribution in [0.25, 0.3) is 0 Å². The summed E-state index contributed by atoms with van der Waals surface area (Å²) in [6.45, 7) is 0.600. The fourth-order valence-corrected chi connectivity index (χ4v) is 1.46. The Morgan fingerprint density at radius 3 is 2.41 bits per heavy atom. The lowest BCUT2D eigenvalue weighted by Crippen LogP contribution is -1.84. The van der Waals surface area contributed by atoms with Gasteiger partial charge in [0.05, 0.1) is 6.54 Å². The van der Waals surface area contributed by atoms with Crippen molar-refractivity contribution in [2.75, 3.05) is 0 Å². The van der Waals surface area contributed by atoms with Crippen LogP contribution in [0.1, 0.15) is 11.1 Å². The van der Waals surface area contributed by atoms with E-state index in [0.29, 0.717) is 6.54 Å². The average molecular weight is 227 g/mol. The third-order valence-electron chi connectivity index (χ3n) is 2.36. The van der Waals surface area contributed by atoms with Gasteiger partial charge in [-0.25, -0.2) is 0 Å². The van der Waals surface area contributed by atoms with Crippen molar-refractivity contribution in [3.8, 4) is 11.5 Å². The zero-order valence-electron chi connectivity index (χ0n) is 9.24. The van der Waals surface area contributed by atoms with Gasteiger partial charge in [0.2, 0.25) is 0 Å². The van der Waals surface area contributed by atoms with Crippen molar-refractivity contribution >= 4 is 6.21 Å². The van der Waals surface area contributed by atoms with Gasteiger partial charge >= 0.3 is 0 Å². The van der Waals surface area contributed by atoms with Gasteiger partial charge in [-0.3, -0.25) is 4.99 Å². The molecule has 0 aliphatic carbocycles. The average Bonchev–Trinajstić information content (AvgIpc) is 2.35. The van der Waals surface area contributed by atoms with Crippen LogP contribution in [0.2, 0.25) is 0 Å². The van der Waals surface area contributed by atoms with E-state index in [9.17, 15) is 5.11 Å². The summed E-state index contributed by atoms with van der Waals surface area (Å²) in [4.78, 5) is 4.26. The molecule has 0 saturated carbocycles. The highest BCUT2D eigenvalue weighted by Gasteiger charge is 1.97. The largest absolute Gasteiger partial charge is 0.504 e. The molecule has 0 heterocycles. The van der Waals surface area contributed by atoms with E-state index in [-0.39, 0.29) is 11.5 Å². The molecule has 2 aromatic rings. The maximum atomic E-state index is 9.30. The van der Waals surface area contributed by atoms with E-state index in [4.69, 9.17) is 5.11 Å². The Kier molecular flexibility index (Phi) is 3.40. The Morgan fingerprint density at radius 1 is 0.941 bits per heavy atom. The molecule has 0 aliphatic heterocycles. The molecular formula is C14H13NO2. The molecule has 0 atom stereocenters. The summed E-state index contributed by atoms with van der Waals surface area (Å²) >= 11 is 0. The smallest absolute Gasteiger partial charge is 0.158 e. The molecule has 0 aromatic heterocycles. The quantitative estimate of drug-likeness (QED) is 0.625. The van der Waals surface area contributed by atoms with Crippen LogP contribution >= 0.6 is 0 Å². The molecule has 86 valence electrons. The lowest BCUT2D eigenvalue weighted by atomic mass is 10.2. The normalized spacial score (nSPS) is 10.8. The highest BCUT2D eigenvalue weighted by atomic mass is 16.3. The van der Waals surface area contributed by atoms with Gasteiger partial charge in [0, 0.05) is 6.21 Å². The number of rotatable bonds is 3. The first-order chi connectivity index (χ1) is 8.25. The number of aliphatic imine (C=N–C) groups is 1. The Morgan fingerprint density at radius 2 is 1.71 bits per heavy atom. The van der Waals surface area contributed by atoms with Crippen molar-refractivity contribution in [3.05, 3.63) is 59.7 Å². The number of phenols is 2. The summed E-state index contributed by atoms with van der Waals surface area (Å²) in [6.07, 6.45) is 1.67. The van der Waals surface area contributed by atoms with E-state index in [1.807, 2.05) is 30.3 Å². The first-order valence-electron chi connectivity index (χ1n) is 5.31. The van der Waals surface area contributed by atoms with E-state index >= 15 is 0 Å². The monoisotopic (exact) mass is 227 g/mol. The predicted molar refractivity (Wildman–Crippen MR) is 67.5 cm³/mol. The van der Waals surface area contributed by atoms with Crippen molar-refractivity contribution in [3.63, 3.8) is 0 Å². The maximum absolute atomic E-state index is 9.30. The van der Waals surface area contributed by atoms with Crippen molar-refractivity contribution < 1.29 is 10.2 Å². The summed E-state index contributed by atoms with van der Waals surface area (Å²) < 4.78 is 0. The molecule has 3 heteroatoms. The van der Waals surface area contributed by atoms with Crippen LogP contribution in [0.15, 0.2) is 53.5 Å². The Labute approximate surface area is 99.7 Å². The van der Waals surface area contributed by atoms with Gasteiger partial charge in [0.15, 0.2) is 11.5 Å². The lowest BCUT2D eigenvalue weighted by molar-refractivity contribution is 0.403.